The second kappa shape index (κ2) is 5.34. The summed E-state index contributed by atoms with van der Waals surface area (Å²) in [7, 11) is 3.17. The van der Waals surface area contributed by atoms with Crippen molar-refractivity contribution in [2.45, 2.75) is 26.8 Å². The van der Waals surface area contributed by atoms with E-state index in [0.29, 0.717) is 11.2 Å². The maximum atomic E-state index is 12.7. The summed E-state index contributed by atoms with van der Waals surface area (Å²) in [4.78, 5) is 31.7. The van der Waals surface area contributed by atoms with Gasteiger partial charge in [-0.3, -0.25) is 13.9 Å². The Labute approximate surface area is 144 Å². The van der Waals surface area contributed by atoms with Gasteiger partial charge in [-0.1, -0.05) is 6.07 Å². The molecule has 3 heterocycles. The van der Waals surface area contributed by atoms with Gasteiger partial charge < -0.3 is 9.47 Å². The minimum Gasteiger partial charge on any atom is -0.312 e. The topological polar surface area (TPSA) is 65.1 Å². The molecule has 0 saturated heterocycles. The Morgan fingerprint density at radius 1 is 0.960 bits per heavy atom. The van der Waals surface area contributed by atoms with Gasteiger partial charge in [0.05, 0.1) is 0 Å². The molecule has 0 unspecified atom stereocenters. The molecule has 130 valence electrons. The van der Waals surface area contributed by atoms with Crippen molar-refractivity contribution >= 4 is 22.8 Å². The highest BCUT2D eigenvalue weighted by Gasteiger charge is 2.26. The number of benzene rings is 1. The van der Waals surface area contributed by atoms with Crippen molar-refractivity contribution in [2.75, 3.05) is 11.4 Å². The molecule has 7 nitrogen and oxygen atoms in total. The Morgan fingerprint density at radius 3 is 2.32 bits per heavy atom. The SMILES string of the molecule is Cc1cc(C)cc(N2CCCn3c2nc2c3c(=O)n(C)c(=O)n2C)c1. The average Bonchev–Trinajstić information content (AvgIpc) is 2.96. The molecular weight excluding hydrogens is 318 g/mol. The molecule has 0 fully saturated rings. The van der Waals surface area contributed by atoms with Crippen LogP contribution >= 0.6 is 0 Å². The minimum absolute atomic E-state index is 0.292. The molecule has 7 heteroatoms. The molecule has 0 amide bonds. The predicted molar refractivity (Wildman–Crippen MR) is 97.8 cm³/mol. The highest BCUT2D eigenvalue weighted by molar-refractivity contribution is 5.77. The average molecular weight is 339 g/mol. The molecule has 3 aromatic rings. The Hall–Kier alpha value is -2.83. The Bertz CT molecular complexity index is 1100. The Balaban J connectivity index is 2.02. The van der Waals surface area contributed by atoms with Crippen LogP contribution in [0.3, 0.4) is 0 Å². The summed E-state index contributed by atoms with van der Waals surface area (Å²) in [5, 5.41) is 0. The molecule has 25 heavy (non-hydrogen) atoms. The summed E-state index contributed by atoms with van der Waals surface area (Å²) >= 11 is 0. The van der Waals surface area contributed by atoms with E-state index in [1.807, 2.05) is 4.57 Å². The quantitative estimate of drug-likeness (QED) is 0.675. The number of fused-ring (bicyclic) bond motifs is 3. The Morgan fingerprint density at radius 2 is 1.64 bits per heavy atom. The first-order chi connectivity index (χ1) is 11.9. The van der Waals surface area contributed by atoms with E-state index in [-0.39, 0.29) is 11.2 Å². The van der Waals surface area contributed by atoms with Gasteiger partial charge in [0.15, 0.2) is 11.2 Å². The van der Waals surface area contributed by atoms with Crippen LogP contribution in [0.1, 0.15) is 17.5 Å². The maximum absolute atomic E-state index is 12.7. The number of hydrogen-bond acceptors (Lipinski definition) is 4. The smallest absolute Gasteiger partial charge is 0.312 e. The van der Waals surface area contributed by atoms with Crippen LogP contribution in [0.25, 0.3) is 11.2 Å². The largest absolute Gasteiger partial charge is 0.332 e. The van der Waals surface area contributed by atoms with Crippen molar-refractivity contribution in [3.63, 3.8) is 0 Å². The molecule has 1 aliphatic rings. The van der Waals surface area contributed by atoms with Gasteiger partial charge in [-0.05, 0) is 43.5 Å². The van der Waals surface area contributed by atoms with Crippen LogP contribution in [-0.2, 0) is 20.6 Å². The van der Waals surface area contributed by atoms with Gasteiger partial charge in [0.2, 0.25) is 5.95 Å². The van der Waals surface area contributed by atoms with Gasteiger partial charge in [-0.25, -0.2) is 4.79 Å². The number of rotatable bonds is 1. The van der Waals surface area contributed by atoms with E-state index in [0.717, 1.165) is 35.7 Å². The van der Waals surface area contributed by atoms with Gasteiger partial charge >= 0.3 is 5.69 Å². The van der Waals surface area contributed by atoms with Gasteiger partial charge in [-0.15, -0.1) is 0 Å². The first kappa shape index (κ1) is 15.7. The molecule has 0 N–H and O–H groups in total. The molecule has 1 aromatic carbocycles. The minimum atomic E-state index is -0.356. The van der Waals surface area contributed by atoms with Crippen LogP contribution in [0.2, 0.25) is 0 Å². The van der Waals surface area contributed by atoms with Crippen molar-refractivity contribution in [3.8, 4) is 0 Å². The first-order valence-corrected chi connectivity index (χ1v) is 8.40. The summed E-state index contributed by atoms with van der Waals surface area (Å²) in [6.07, 6.45) is 0.914. The number of anilines is 2. The van der Waals surface area contributed by atoms with E-state index in [4.69, 9.17) is 0 Å². The lowest BCUT2D eigenvalue weighted by atomic mass is 10.1. The lowest BCUT2D eigenvalue weighted by Crippen LogP contribution is -2.38. The van der Waals surface area contributed by atoms with E-state index in [1.165, 1.54) is 22.7 Å². The highest BCUT2D eigenvalue weighted by atomic mass is 16.2. The molecule has 0 spiro atoms. The molecule has 0 bridgehead atoms. The molecular formula is C18H21N5O2. The second-order valence-corrected chi connectivity index (χ2v) is 6.79. The van der Waals surface area contributed by atoms with E-state index in [9.17, 15) is 9.59 Å². The van der Waals surface area contributed by atoms with E-state index < -0.39 is 0 Å². The number of hydrogen-bond donors (Lipinski definition) is 0. The van der Waals surface area contributed by atoms with Crippen molar-refractivity contribution in [2.24, 2.45) is 14.1 Å². The third-order valence-electron chi connectivity index (χ3n) is 4.85. The maximum Gasteiger partial charge on any atom is 0.332 e. The number of aromatic nitrogens is 4. The van der Waals surface area contributed by atoms with Gasteiger partial charge in [0.25, 0.3) is 5.56 Å². The summed E-state index contributed by atoms with van der Waals surface area (Å²) in [6, 6.07) is 6.38. The monoisotopic (exact) mass is 339 g/mol. The third kappa shape index (κ3) is 2.22. The van der Waals surface area contributed by atoms with Crippen molar-refractivity contribution in [1.82, 2.24) is 18.7 Å². The fraction of sp³-hybridized carbons (Fsp3) is 0.389. The van der Waals surface area contributed by atoms with Crippen LogP contribution in [0.15, 0.2) is 27.8 Å². The molecule has 0 aliphatic carbocycles. The zero-order valence-corrected chi connectivity index (χ0v) is 14.9. The summed E-state index contributed by atoms with van der Waals surface area (Å²) < 4.78 is 4.53. The molecule has 2 aromatic heterocycles. The number of nitrogens with zero attached hydrogens (tertiary/aromatic N) is 5. The zero-order chi connectivity index (χ0) is 17.9. The second-order valence-electron chi connectivity index (χ2n) is 6.79. The van der Waals surface area contributed by atoms with Gasteiger partial charge in [0.1, 0.15) is 0 Å². The number of imidazole rings is 1. The molecule has 1 aliphatic heterocycles. The Kier molecular flexibility index (Phi) is 3.35. The standard InChI is InChI=1S/C18H21N5O2/c1-11-8-12(2)10-13(9-11)22-6-5-7-23-14-15(19-17(22)23)20(3)18(25)21(4)16(14)24/h8-10H,5-7H2,1-4H3. The van der Waals surface area contributed by atoms with Crippen molar-refractivity contribution < 1.29 is 0 Å². The lowest BCUT2D eigenvalue weighted by molar-refractivity contribution is 0.600. The van der Waals surface area contributed by atoms with Crippen molar-refractivity contribution in [3.05, 3.63) is 50.2 Å². The first-order valence-electron chi connectivity index (χ1n) is 8.40. The fourth-order valence-electron chi connectivity index (χ4n) is 3.69. The van der Waals surface area contributed by atoms with Crippen LogP contribution in [-0.4, -0.2) is 25.2 Å². The normalized spacial score (nSPS) is 14.2. The van der Waals surface area contributed by atoms with E-state index >= 15 is 0 Å². The fourth-order valence-corrected chi connectivity index (χ4v) is 3.69. The van der Waals surface area contributed by atoms with E-state index in [2.05, 4.69) is 41.9 Å². The molecule has 4 rings (SSSR count). The predicted octanol–water partition coefficient (Wildman–Crippen LogP) is 1.59. The molecule has 0 saturated carbocycles. The summed E-state index contributed by atoms with van der Waals surface area (Å²) in [5.41, 5.74) is 3.73. The molecule has 0 radical (unpaired) electrons. The third-order valence-corrected chi connectivity index (χ3v) is 4.85. The summed E-state index contributed by atoms with van der Waals surface area (Å²) in [5.74, 6) is 0.726. The number of aryl methyl sites for hydroxylation is 4. The zero-order valence-electron chi connectivity index (χ0n) is 14.9. The lowest BCUT2D eigenvalue weighted by Gasteiger charge is -2.29. The van der Waals surface area contributed by atoms with Crippen LogP contribution < -0.4 is 16.1 Å². The van der Waals surface area contributed by atoms with Crippen LogP contribution in [0, 0.1) is 13.8 Å². The van der Waals surface area contributed by atoms with E-state index in [1.54, 1.807) is 7.05 Å². The van der Waals surface area contributed by atoms with Gasteiger partial charge in [0, 0.05) is 32.9 Å². The van der Waals surface area contributed by atoms with Crippen LogP contribution in [0.5, 0.6) is 0 Å². The van der Waals surface area contributed by atoms with Crippen LogP contribution in [0.4, 0.5) is 11.6 Å². The van der Waals surface area contributed by atoms with Gasteiger partial charge in [-0.2, -0.15) is 4.98 Å². The van der Waals surface area contributed by atoms with Crippen molar-refractivity contribution in [1.29, 1.82) is 0 Å². The molecule has 0 atom stereocenters. The summed E-state index contributed by atoms with van der Waals surface area (Å²) in [6.45, 7) is 5.70. The highest BCUT2D eigenvalue weighted by Crippen LogP contribution is 2.31.